The molecule has 4 heteroatoms. The quantitative estimate of drug-likeness (QED) is 0.666. The summed E-state index contributed by atoms with van der Waals surface area (Å²) in [6, 6.07) is 5.81. The van der Waals surface area contributed by atoms with Gasteiger partial charge in [-0.2, -0.15) is 0 Å². The van der Waals surface area contributed by atoms with Gasteiger partial charge in [-0.05, 0) is 17.0 Å². The predicted octanol–water partition coefficient (Wildman–Crippen LogP) is 3.06. The predicted molar refractivity (Wildman–Crippen MR) is 73.7 cm³/mol. The van der Waals surface area contributed by atoms with Crippen LogP contribution in [0.5, 0.6) is 0 Å². The molecule has 4 nitrogen and oxygen atoms in total. The van der Waals surface area contributed by atoms with Crippen LogP contribution < -0.4 is 0 Å². The molecule has 1 aromatic heterocycles. The number of aromatic nitrogens is 1. The second kappa shape index (κ2) is 4.53. The van der Waals surface area contributed by atoms with Gasteiger partial charge in [-0.1, -0.05) is 32.9 Å². The Kier molecular flexibility index (Phi) is 3.18. The lowest BCUT2D eigenvalue weighted by Gasteiger charge is -2.18. The minimum atomic E-state index is -0.532. The van der Waals surface area contributed by atoms with Crippen molar-refractivity contribution < 1.29 is 14.3 Å². The molecular weight excluding hydrogens is 242 g/mol. The van der Waals surface area contributed by atoms with Gasteiger partial charge in [0, 0.05) is 10.9 Å². The van der Waals surface area contributed by atoms with E-state index < -0.39 is 5.97 Å². The fraction of sp³-hybridized carbons (Fsp3) is 0.333. The summed E-state index contributed by atoms with van der Waals surface area (Å²) in [5.41, 5.74) is 2.47. The van der Waals surface area contributed by atoms with Crippen molar-refractivity contribution in [3.8, 4) is 0 Å². The van der Waals surface area contributed by atoms with Crippen LogP contribution in [0.3, 0.4) is 0 Å². The fourth-order valence-corrected chi connectivity index (χ4v) is 2.07. The molecule has 0 aliphatic heterocycles. The number of esters is 1. The van der Waals surface area contributed by atoms with Crippen LogP contribution in [0, 0.1) is 0 Å². The number of H-pyrrole nitrogens is 1. The molecule has 100 valence electrons. The SMILES string of the molecule is COC(=O)c1[nH]c2cc(C(C)(C)C)ccc2c1C=O. The Morgan fingerprint density at radius 3 is 2.53 bits per heavy atom. The summed E-state index contributed by atoms with van der Waals surface area (Å²) in [6.45, 7) is 6.33. The molecule has 0 saturated heterocycles. The van der Waals surface area contributed by atoms with E-state index in [0.29, 0.717) is 11.8 Å². The average molecular weight is 259 g/mol. The lowest BCUT2D eigenvalue weighted by molar-refractivity contribution is 0.0593. The van der Waals surface area contributed by atoms with E-state index in [-0.39, 0.29) is 11.1 Å². The van der Waals surface area contributed by atoms with E-state index in [0.717, 1.165) is 16.5 Å². The number of fused-ring (bicyclic) bond motifs is 1. The molecule has 1 N–H and O–H groups in total. The van der Waals surface area contributed by atoms with E-state index in [9.17, 15) is 9.59 Å². The Bertz CT molecular complexity index is 647. The lowest BCUT2D eigenvalue weighted by atomic mass is 9.86. The zero-order valence-corrected chi connectivity index (χ0v) is 11.5. The Morgan fingerprint density at radius 1 is 1.32 bits per heavy atom. The molecule has 1 aromatic carbocycles. The highest BCUT2D eigenvalue weighted by atomic mass is 16.5. The number of rotatable bonds is 2. The third kappa shape index (κ3) is 2.26. The standard InChI is InChI=1S/C15H17NO3/c1-15(2,3)9-5-6-10-11(8-17)13(14(18)19-4)16-12(10)7-9/h5-8,16H,1-4H3. The summed E-state index contributed by atoms with van der Waals surface area (Å²) < 4.78 is 4.68. The summed E-state index contributed by atoms with van der Waals surface area (Å²) in [5.74, 6) is -0.532. The normalized spacial score (nSPS) is 11.6. The first-order valence-corrected chi connectivity index (χ1v) is 6.08. The Morgan fingerprint density at radius 2 is 2.00 bits per heavy atom. The van der Waals surface area contributed by atoms with Crippen LogP contribution in [0.25, 0.3) is 10.9 Å². The van der Waals surface area contributed by atoms with Gasteiger partial charge < -0.3 is 9.72 Å². The van der Waals surface area contributed by atoms with Gasteiger partial charge in [-0.25, -0.2) is 4.79 Å². The van der Waals surface area contributed by atoms with Gasteiger partial charge in [0.05, 0.1) is 12.7 Å². The average Bonchev–Trinajstić information content (AvgIpc) is 2.74. The number of ether oxygens (including phenoxy) is 1. The third-order valence-electron chi connectivity index (χ3n) is 3.21. The van der Waals surface area contributed by atoms with E-state index in [4.69, 9.17) is 0 Å². The van der Waals surface area contributed by atoms with Gasteiger partial charge in [0.2, 0.25) is 0 Å². The first-order chi connectivity index (χ1) is 8.88. The molecule has 0 bridgehead atoms. The van der Waals surface area contributed by atoms with E-state index in [1.54, 1.807) is 0 Å². The maximum atomic E-state index is 11.6. The monoisotopic (exact) mass is 259 g/mol. The maximum absolute atomic E-state index is 11.6. The fourth-order valence-electron chi connectivity index (χ4n) is 2.07. The molecule has 0 fully saturated rings. The summed E-state index contributed by atoms with van der Waals surface area (Å²) in [5, 5.41) is 0.739. The van der Waals surface area contributed by atoms with Crippen molar-refractivity contribution in [3.05, 3.63) is 35.0 Å². The van der Waals surface area contributed by atoms with Crippen LogP contribution in [0.15, 0.2) is 18.2 Å². The van der Waals surface area contributed by atoms with E-state index >= 15 is 0 Å². The molecule has 2 aromatic rings. The van der Waals surface area contributed by atoms with Gasteiger partial charge in [0.25, 0.3) is 0 Å². The van der Waals surface area contributed by atoms with Gasteiger partial charge in [0.15, 0.2) is 6.29 Å². The number of carbonyl (C=O) groups excluding carboxylic acids is 2. The van der Waals surface area contributed by atoms with E-state index in [1.165, 1.54) is 7.11 Å². The van der Waals surface area contributed by atoms with Crippen LogP contribution in [0.4, 0.5) is 0 Å². The molecule has 1 heterocycles. The highest BCUT2D eigenvalue weighted by molar-refractivity contribution is 6.08. The first-order valence-electron chi connectivity index (χ1n) is 6.08. The van der Waals surface area contributed by atoms with Crippen molar-refractivity contribution in [1.82, 2.24) is 4.98 Å². The number of aldehydes is 1. The van der Waals surface area contributed by atoms with Crippen LogP contribution in [0.2, 0.25) is 0 Å². The van der Waals surface area contributed by atoms with Crippen LogP contribution >= 0.6 is 0 Å². The van der Waals surface area contributed by atoms with E-state index in [2.05, 4.69) is 30.5 Å². The number of hydrogen-bond donors (Lipinski definition) is 1. The van der Waals surface area contributed by atoms with Gasteiger partial charge >= 0.3 is 5.97 Å². The number of hydrogen-bond acceptors (Lipinski definition) is 3. The van der Waals surface area contributed by atoms with Crippen molar-refractivity contribution in [2.45, 2.75) is 26.2 Å². The molecule has 0 radical (unpaired) electrons. The molecule has 2 rings (SSSR count). The summed E-state index contributed by atoms with van der Waals surface area (Å²) >= 11 is 0. The molecule has 0 aliphatic carbocycles. The summed E-state index contributed by atoms with van der Waals surface area (Å²) in [7, 11) is 1.29. The minimum Gasteiger partial charge on any atom is -0.464 e. The zero-order valence-electron chi connectivity index (χ0n) is 11.5. The molecule has 0 saturated carbocycles. The minimum absolute atomic E-state index is 0.00602. The molecule has 0 aliphatic rings. The molecule has 0 atom stereocenters. The first kappa shape index (κ1) is 13.3. The van der Waals surface area contributed by atoms with Crippen LogP contribution in [0.1, 0.15) is 47.2 Å². The topological polar surface area (TPSA) is 59.2 Å². The second-order valence-electron chi connectivity index (χ2n) is 5.53. The number of carbonyl (C=O) groups is 2. The van der Waals surface area contributed by atoms with Crippen molar-refractivity contribution in [3.63, 3.8) is 0 Å². The molecule has 19 heavy (non-hydrogen) atoms. The smallest absolute Gasteiger partial charge is 0.355 e. The van der Waals surface area contributed by atoms with Crippen molar-refractivity contribution >= 4 is 23.2 Å². The Labute approximate surface area is 111 Å². The van der Waals surface area contributed by atoms with Crippen LogP contribution in [-0.2, 0) is 10.2 Å². The number of nitrogens with one attached hydrogen (secondary N) is 1. The second-order valence-corrected chi connectivity index (χ2v) is 5.53. The van der Waals surface area contributed by atoms with Crippen molar-refractivity contribution in [1.29, 1.82) is 0 Å². The number of benzene rings is 1. The number of aromatic amines is 1. The number of methoxy groups -OCH3 is 1. The van der Waals surface area contributed by atoms with E-state index in [1.807, 2.05) is 18.2 Å². The highest BCUT2D eigenvalue weighted by Gasteiger charge is 2.20. The lowest BCUT2D eigenvalue weighted by Crippen LogP contribution is -2.10. The van der Waals surface area contributed by atoms with Gasteiger partial charge in [0.1, 0.15) is 5.69 Å². The van der Waals surface area contributed by atoms with Gasteiger partial charge in [-0.15, -0.1) is 0 Å². The summed E-state index contributed by atoms with van der Waals surface area (Å²) in [6.07, 6.45) is 0.682. The Balaban J connectivity index is 2.69. The molecular formula is C15H17NO3. The summed E-state index contributed by atoms with van der Waals surface area (Å²) in [4.78, 5) is 25.8. The third-order valence-corrected chi connectivity index (χ3v) is 3.21. The maximum Gasteiger partial charge on any atom is 0.355 e. The molecule has 0 spiro atoms. The molecule has 0 amide bonds. The Hall–Kier alpha value is -2.10. The van der Waals surface area contributed by atoms with Crippen molar-refractivity contribution in [2.24, 2.45) is 0 Å². The van der Waals surface area contributed by atoms with Crippen LogP contribution in [-0.4, -0.2) is 24.3 Å². The highest BCUT2D eigenvalue weighted by Crippen LogP contribution is 2.28. The van der Waals surface area contributed by atoms with Gasteiger partial charge in [-0.3, -0.25) is 4.79 Å². The largest absolute Gasteiger partial charge is 0.464 e. The molecule has 0 unspecified atom stereocenters. The zero-order chi connectivity index (χ0) is 14.2. The van der Waals surface area contributed by atoms with Crippen molar-refractivity contribution in [2.75, 3.05) is 7.11 Å².